The molecule has 0 aliphatic rings. The fraction of sp³-hybridized carbons (Fsp3) is 0.444. The lowest BCUT2D eigenvalue weighted by Crippen LogP contribution is -2.27. The van der Waals surface area contributed by atoms with Crippen molar-refractivity contribution in [3.8, 4) is 0 Å². The van der Waals surface area contributed by atoms with E-state index in [-0.39, 0.29) is 24.0 Å². The lowest BCUT2D eigenvalue weighted by molar-refractivity contribution is -0.127. The summed E-state index contributed by atoms with van der Waals surface area (Å²) in [6.07, 6.45) is 1.68. The molecule has 0 atom stereocenters. The van der Waals surface area contributed by atoms with Crippen LogP contribution in [0.4, 0.5) is 0 Å². The van der Waals surface area contributed by atoms with Crippen molar-refractivity contribution in [1.82, 2.24) is 19.7 Å². The molecule has 2 amide bonds. The zero-order valence-electron chi connectivity index (χ0n) is 15.4. The molecule has 0 saturated carbocycles. The number of hydrogen-bond donors (Lipinski definition) is 1. The molecule has 2 rings (SSSR count). The standard InChI is InChI=1S/C18H25N5O2S/c1-4-13-5-7-14(8-6-13)11-22(2)17(25)12-26-18-21-20-16(23(18)3)10-9-15(19)24/h5-8H,4,9-12H2,1-3H3,(H2,19,24). The fourth-order valence-electron chi connectivity index (χ4n) is 2.40. The third kappa shape index (κ3) is 5.59. The van der Waals surface area contributed by atoms with Gasteiger partial charge in [0.1, 0.15) is 5.82 Å². The van der Waals surface area contributed by atoms with Crippen molar-refractivity contribution < 1.29 is 9.59 Å². The van der Waals surface area contributed by atoms with E-state index in [0.717, 1.165) is 12.0 Å². The number of nitrogens with zero attached hydrogens (tertiary/aromatic N) is 4. The maximum atomic E-state index is 12.4. The van der Waals surface area contributed by atoms with Crippen LogP contribution in [0.2, 0.25) is 0 Å². The Labute approximate surface area is 158 Å². The van der Waals surface area contributed by atoms with Crippen LogP contribution in [0.5, 0.6) is 0 Å². The summed E-state index contributed by atoms with van der Waals surface area (Å²) in [5.41, 5.74) is 7.55. The van der Waals surface area contributed by atoms with E-state index in [1.165, 1.54) is 17.3 Å². The number of primary amides is 1. The summed E-state index contributed by atoms with van der Waals surface area (Å²) in [7, 11) is 3.62. The number of thioether (sulfide) groups is 1. The lowest BCUT2D eigenvalue weighted by atomic mass is 10.1. The summed E-state index contributed by atoms with van der Waals surface area (Å²) >= 11 is 1.34. The minimum atomic E-state index is -0.369. The van der Waals surface area contributed by atoms with E-state index >= 15 is 0 Å². The predicted octanol–water partition coefficient (Wildman–Crippen LogP) is 1.55. The number of amides is 2. The molecular weight excluding hydrogens is 350 g/mol. The average molecular weight is 375 g/mol. The van der Waals surface area contributed by atoms with Gasteiger partial charge in [0.2, 0.25) is 11.8 Å². The Morgan fingerprint density at radius 2 is 1.85 bits per heavy atom. The Kier molecular flexibility index (Phi) is 7.20. The average Bonchev–Trinajstić information content (AvgIpc) is 2.98. The molecule has 0 bridgehead atoms. The monoisotopic (exact) mass is 375 g/mol. The number of carbonyl (C=O) groups is 2. The molecule has 0 unspecified atom stereocenters. The van der Waals surface area contributed by atoms with Gasteiger partial charge >= 0.3 is 0 Å². The van der Waals surface area contributed by atoms with Crippen molar-refractivity contribution >= 4 is 23.6 Å². The van der Waals surface area contributed by atoms with Crippen molar-refractivity contribution in [3.05, 3.63) is 41.2 Å². The van der Waals surface area contributed by atoms with Gasteiger partial charge in [0.15, 0.2) is 5.16 Å². The second kappa shape index (κ2) is 9.38. The molecule has 2 aromatic rings. The minimum absolute atomic E-state index is 0.0243. The molecule has 0 fully saturated rings. The summed E-state index contributed by atoms with van der Waals surface area (Å²) in [6, 6.07) is 8.30. The molecular formula is C18H25N5O2S. The van der Waals surface area contributed by atoms with Gasteiger partial charge in [0.05, 0.1) is 5.75 Å². The first kappa shape index (κ1) is 20.0. The third-order valence-corrected chi connectivity index (χ3v) is 5.13. The van der Waals surface area contributed by atoms with Crippen molar-refractivity contribution in [2.75, 3.05) is 12.8 Å². The maximum absolute atomic E-state index is 12.4. The number of hydrogen-bond acceptors (Lipinski definition) is 5. The van der Waals surface area contributed by atoms with Gasteiger partial charge in [0.25, 0.3) is 0 Å². The summed E-state index contributed by atoms with van der Waals surface area (Å²) in [5, 5.41) is 8.79. The molecule has 0 aliphatic carbocycles. The van der Waals surface area contributed by atoms with Gasteiger partial charge in [-0.15, -0.1) is 10.2 Å². The SMILES string of the molecule is CCc1ccc(CN(C)C(=O)CSc2nnc(CCC(N)=O)n2C)cc1. The van der Waals surface area contributed by atoms with Gasteiger partial charge in [-0.25, -0.2) is 0 Å². The van der Waals surface area contributed by atoms with E-state index in [4.69, 9.17) is 5.73 Å². The predicted molar refractivity (Wildman–Crippen MR) is 102 cm³/mol. The Morgan fingerprint density at radius 1 is 1.19 bits per heavy atom. The van der Waals surface area contributed by atoms with E-state index in [1.807, 2.05) is 7.05 Å². The van der Waals surface area contributed by atoms with Gasteiger partial charge in [-0.05, 0) is 17.5 Å². The van der Waals surface area contributed by atoms with Gasteiger partial charge < -0.3 is 15.2 Å². The lowest BCUT2D eigenvalue weighted by Gasteiger charge is -2.17. The van der Waals surface area contributed by atoms with Crippen LogP contribution in [0.3, 0.4) is 0 Å². The van der Waals surface area contributed by atoms with Crippen LogP contribution in [0.25, 0.3) is 0 Å². The van der Waals surface area contributed by atoms with Crippen LogP contribution in [0.15, 0.2) is 29.4 Å². The topological polar surface area (TPSA) is 94.1 Å². The molecule has 1 heterocycles. The molecule has 0 radical (unpaired) electrons. The molecule has 26 heavy (non-hydrogen) atoms. The van der Waals surface area contributed by atoms with Crippen LogP contribution in [0.1, 0.15) is 30.3 Å². The Bertz CT molecular complexity index is 757. The first-order valence-electron chi connectivity index (χ1n) is 8.51. The maximum Gasteiger partial charge on any atom is 0.233 e. The van der Waals surface area contributed by atoms with E-state index in [9.17, 15) is 9.59 Å². The zero-order chi connectivity index (χ0) is 19.1. The molecule has 8 heteroatoms. The third-order valence-electron chi connectivity index (χ3n) is 4.12. The van der Waals surface area contributed by atoms with E-state index < -0.39 is 0 Å². The van der Waals surface area contributed by atoms with Gasteiger partial charge in [-0.3, -0.25) is 9.59 Å². The second-order valence-corrected chi connectivity index (χ2v) is 7.08. The van der Waals surface area contributed by atoms with Gasteiger partial charge in [-0.1, -0.05) is 43.0 Å². The van der Waals surface area contributed by atoms with Crippen LogP contribution < -0.4 is 5.73 Å². The molecule has 7 nitrogen and oxygen atoms in total. The van der Waals surface area contributed by atoms with E-state index in [1.54, 1.807) is 16.5 Å². The van der Waals surface area contributed by atoms with Crippen LogP contribution in [0, 0.1) is 0 Å². The normalized spacial score (nSPS) is 10.7. The molecule has 140 valence electrons. The van der Waals surface area contributed by atoms with Gasteiger partial charge in [-0.2, -0.15) is 0 Å². The van der Waals surface area contributed by atoms with Crippen molar-refractivity contribution in [2.45, 2.75) is 37.9 Å². The van der Waals surface area contributed by atoms with Crippen molar-refractivity contribution in [3.63, 3.8) is 0 Å². The minimum Gasteiger partial charge on any atom is -0.370 e. The summed E-state index contributed by atoms with van der Waals surface area (Å²) in [4.78, 5) is 24.9. The van der Waals surface area contributed by atoms with E-state index in [0.29, 0.717) is 23.9 Å². The molecule has 0 saturated heterocycles. The highest BCUT2D eigenvalue weighted by atomic mass is 32.2. The van der Waals surface area contributed by atoms with Crippen LogP contribution in [-0.2, 0) is 36.0 Å². The molecule has 0 aliphatic heterocycles. The highest BCUT2D eigenvalue weighted by molar-refractivity contribution is 7.99. The fourth-order valence-corrected chi connectivity index (χ4v) is 3.27. The number of carbonyl (C=O) groups excluding carboxylic acids is 2. The quantitative estimate of drug-likeness (QED) is 0.671. The number of rotatable bonds is 9. The first-order chi connectivity index (χ1) is 12.4. The number of aromatic nitrogens is 3. The summed E-state index contributed by atoms with van der Waals surface area (Å²) in [6.45, 7) is 2.69. The number of benzene rings is 1. The number of aryl methyl sites for hydroxylation is 2. The zero-order valence-corrected chi connectivity index (χ0v) is 16.3. The van der Waals surface area contributed by atoms with Crippen molar-refractivity contribution in [2.24, 2.45) is 12.8 Å². The molecule has 1 aromatic heterocycles. The Morgan fingerprint density at radius 3 is 2.46 bits per heavy atom. The Balaban J connectivity index is 1.86. The van der Waals surface area contributed by atoms with Crippen LogP contribution in [-0.4, -0.2) is 44.3 Å². The van der Waals surface area contributed by atoms with E-state index in [2.05, 4.69) is 41.4 Å². The number of nitrogens with two attached hydrogens (primary N) is 1. The first-order valence-corrected chi connectivity index (χ1v) is 9.50. The summed E-state index contributed by atoms with van der Waals surface area (Å²) in [5.74, 6) is 0.621. The summed E-state index contributed by atoms with van der Waals surface area (Å²) < 4.78 is 1.80. The highest BCUT2D eigenvalue weighted by Gasteiger charge is 2.14. The van der Waals surface area contributed by atoms with Gasteiger partial charge in [0, 0.05) is 33.5 Å². The molecule has 1 aromatic carbocycles. The molecule has 0 spiro atoms. The van der Waals surface area contributed by atoms with Crippen molar-refractivity contribution in [1.29, 1.82) is 0 Å². The smallest absolute Gasteiger partial charge is 0.233 e. The van der Waals surface area contributed by atoms with Crippen LogP contribution >= 0.6 is 11.8 Å². The Hall–Kier alpha value is -2.35. The second-order valence-electron chi connectivity index (χ2n) is 6.13. The largest absolute Gasteiger partial charge is 0.370 e. The molecule has 2 N–H and O–H groups in total. The highest BCUT2D eigenvalue weighted by Crippen LogP contribution is 2.17.